The number of carboxylic acids is 1. The number of aryl methyl sites for hydroxylation is 1. The average molecular weight is 462 g/mol. The summed E-state index contributed by atoms with van der Waals surface area (Å²) >= 11 is 1.40. The van der Waals surface area contributed by atoms with E-state index < -0.39 is 37.0 Å². The SMILES string of the molecule is CNC[C@H](O)[C@@H](O)[C@H](O)[C@H](O)CO.Cc1c(CC(C)C)sc2nc(C(=O)O)[nH]c(=O)c12. The van der Waals surface area contributed by atoms with Gasteiger partial charge >= 0.3 is 5.97 Å². The van der Waals surface area contributed by atoms with Crippen LogP contribution in [0.4, 0.5) is 0 Å². The summed E-state index contributed by atoms with van der Waals surface area (Å²) in [5.41, 5.74) is 0.538. The van der Waals surface area contributed by atoms with Crippen LogP contribution in [0.25, 0.3) is 10.2 Å². The number of carboxylic acid groups (broad SMARTS) is 1. The van der Waals surface area contributed by atoms with E-state index in [1.165, 1.54) is 11.3 Å². The van der Waals surface area contributed by atoms with Gasteiger partial charge in [-0.15, -0.1) is 11.3 Å². The van der Waals surface area contributed by atoms with Crippen molar-refractivity contribution in [2.75, 3.05) is 20.2 Å². The Balaban J connectivity index is 0.000000330. The average Bonchev–Trinajstić information content (AvgIpc) is 3.01. The monoisotopic (exact) mass is 461 g/mol. The first-order chi connectivity index (χ1) is 14.4. The minimum absolute atomic E-state index is 0.0936. The third kappa shape index (κ3) is 7.31. The number of fused-ring (bicyclic) bond motifs is 1. The highest BCUT2D eigenvalue weighted by atomic mass is 32.1. The van der Waals surface area contributed by atoms with Crippen LogP contribution in [0.2, 0.25) is 0 Å². The lowest BCUT2D eigenvalue weighted by Crippen LogP contribution is -2.48. The zero-order valence-electron chi connectivity index (χ0n) is 17.9. The molecule has 2 aromatic rings. The standard InChI is InChI=1S/C12H14N2O3S.C7H17NO5/c1-5(2)4-7-6(3)8-10(15)13-9(12(16)17)14-11(8)18-7;1-8-2-4(10)6(12)7(13)5(11)3-9/h5H,4H2,1-3H3,(H,16,17)(H,13,14,15);4-13H,2-3H2,1H3/t;4-,5+,6+,7+/m.0/s1. The number of thiophene rings is 1. The Labute approximate surface area is 183 Å². The topological polar surface area (TPSA) is 196 Å². The van der Waals surface area contributed by atoms with E-state index in [0.717, 1.165) is 16.9 Å². The molecule has 0 fully saturated rings. The number of nitrogens with one attached hydrogen (secondary N) is 2. The van der Waals surface area contributed by atoms with E-state index in [1.807, 2.05) is 6.92 Å². The summed E-state index contributed by atoms with van der Waals surface area (Å²) in [5.74, 6) is -1.04. The Hall–Kier alpha value is -1.93. The third-order valence-electron chi connectivity index (χ3n) is 4.43. The lowest BCUT2D eigenvalue weighted by atomic mass is 10.0. The van der Waals surface area contributed by atoms with E-state index in [9.17, 15) is 14.7 Å². The quantitative estimate of drug-likeness (QED) is 0.225. The second-order valence-corrected chi connectivity index (χ2v) is 8.59. The van der Waals surface area contributed by atoms with E-state index in [1.54, 1.807) is 7.05 Å². The zero-order valence-corrected chi connectivity index (χ0v) is 18.7. The molecule has 2 heterocycles. The Morgan fingerprint density at radius 3 is 2.23 bits per heavy atom. The van der Waals surface area contributed by atoms with Gasteiger partial charge in [-0.05, 0) is 31.9 Å². The molecule has 0 bridgehead atoms. The fraction of sp³-hybridized carbons (Fsp3) is 0.632. The van der Waals surface area contributed by atoms with Crippen LogP contribution in [0.3, 0.4) is 0 Å². The second kappa shape index (κ2) is 12.2. The molecular formula is C19H31N3O8S. The first kappa shape index (κ1) is 27.1. The fourth-order valence-corrected chi connectivity index (χ4v) is 4.14. The number of carbonyl (C=O) groups is 1. The van der Waals surface area contributed by atoms with Gasteiger partial charge in [-0.2, -0.15) is 0 Å². The highest BCUT2D eigenvalue weighted by molar-refractivity contribution is 7.18. The van der Waals surface area contributed by atoms with Crippen molar-refractivity contribution in [1.82, 2.24) is 15.3 Å². The Morgan fingerprint density at radius 2 is 1.74 bits per heavy atom. The van der Waals surface area contributed by atoms with Gasteiger partial charge in [-0.25, -0.2) is 9.78 Å². The normalized spacial score (nSPS) is 15.3. The van der Waals surface area contributed by atoms with Crippen molar-refractivity contribution in [3.8, 4) is 0 Å². The number of aliphatic hydroxyl groups is 5. The predicted octanol–water partition coefficient (Wildman–Crippen LogP) is -1.17. The van der Waals surface area contributed by atoms with Crippen molar-refractivity contribution < 1.29 is 35.4 Å². The number of aromatic nitrogens is 2. The van der Waals surface area contributed by atoms with Crippen LogP contribution < -0.4 is 10.9 Å². The first-order valence-corrected chi connectivity index (χ1v) is 10.5. The van der Waals surface area contributed by atoms with E-state index >= 15 is 0 Å². The number of aromatic amines is 1. The highest BCUT2D eigenvalue weighted by Gasteiger charge is 2.29. The molecule has 2 aromatic heterocycles. The number of nitrogens with zero attached hydrogens (tertiary/aromatic N) is 1. The Morgan fingerprint density at radius 1 is 1.16 bits per heavy atom. The minimum atomic E-state index is -1.55. The Bertz CT molecular complexity index is 913. The molecule has 176 valence electrons. The molecule has 0 unspecified atom stereocenters. The molecule has 31 heavy (non-hydrogen) atoms. The molecule has 0 aliphatic carbocycles. The van der Waals surface area contributed by atoms with E-state index in [2.05, 4.69) is 29.1 Å². The van der Waals surface area contributed by atoms with Gasteiger partial charge in [0.25, 0.3) is 5.56 Å². The van der Waals surface area contributed by atoms with Crippen molar-refractivity contribution in [3.63, 3.8) is 0 Å². The van der Waals surface area contributed by atoms with Gasteiger partial charge in [0.1, 0.15) is 23.1 Å². The highest BCUT2D eigenvalue weighted by Crippen LogP contribution is 2.28. The van der Waals surface area contributed by atoms with Crippen LogP contribution in [-0.2, 0) is 6.42 Å². The zero-order chi connectivity index (χ0) is 23.9. The van der Waals surface area contributed by atoms with Crippen molar-refractivity contribution in [1.29, 1.82) is 0 Å². The van der Waals surface area contributed by atoms with E-state index in [-0.39, 0.29) is 17.9 Å². The summed E-state index contributed by atoms with van der Waals surface area (Å²) in [4.78, 5) is 30.6. The molecule has 0 saturated carbocycles. The smallest absolute Gasteiger partial charge is 0.372 e. The van der Waals surface area contributed by atoms with Crippen LogP contribution >= 0.6 is 11.3 Å². The molecule has 0 spiro atoms. The van der Waals surface area contributed by atoms with Crippen LogP contribution in [0, 0.1) is 12.8 Å². The van der Waals surface area contributed by atoms with Gasteiger partial charge < -0.3 is 40.9 Å². The van der Waals surface area contributed by atoms with Gasteiger partial charge in [-0.1, -0.05) is 13.8 Å². The van der Waals surface area contributed by atoms with Gasteiger partial charge in [0.2, 0.25) is 5.82 Å². The Kier molecular flexibility index (Phi) is 10.7. The number of hydrogen-bond acceptors (Lipinski definition) is 10. The summed E-state index contributed by atoms with van der Waals surface area (Å²) in [7, 11) is 1.57. The first-order valence-electron chi connectivity index (χ1n) is 9.67. The maximum absolute atomic E-state index is 11.9. The number of H-pyrrole nitrogens is 1. The van der Waals surface area contributed by atoms with Crippen LogP contribution in [0.5, 0.6) is 0 Å². The number of aromatic carboxylic acids is 1. The van der Waals surface area contributed by atoms with Crippen LogP contribution in [-0.4, -0.2) is 91.2 Å². The minimum Gasteiger partial charge on any atom is -0.475 e. The molecule has 0 saturated heterocycles. The summed E-state index contributed by atoms with van der Waals surface area (Å²) in [6.07, 6.45) is -4.78. The predicted molar refractivity (Wildman–Crippen MR) is 116 cm³/mol. The maximum Gasteiger partial charge on any atom is 0.372 e. The summed E-state index contributed by atoms with van der Waals surface area (Å²) < 4.78 is 0. The third-order valence-corrected chi connectivity index (χ3v) is 5.64. The number of rotatable bonds is 9. The van der Waals surface area contributed by atoms with Gasteiger partial charge in [0.05, 0.1) is 18.1 Å². The summed E-state index contributed by atoms with van der Waals surface area (Å²) in [5, 5.41) is 56.9. The van der Waals surface area contributed by atoms with Gasteiger partial charge in [-0.3, -0.25) is 4.79 Å². The number of aliphatic hydroxyl groups excluding tert-OH is 5. The van der Waals surface area contributed by atoms with Crippen molar-refractivity contribution in [2.45, 2.75) is 51.6 Å². The van der Waals surface area contributed by atoms with E-state index in [0.29, 0.717) is 16.1 Å². The van der Waals surface area contributed by atoms with Crippen molar-refractivity contribution in [3.05, 3.63) is 26.6 Å². The molecule has 0 radical (unpaired) electrons. The molecule has 4 atom stereocenters. The van der Waals surface area contributed by atoms with Crippen LogP contribution in [0.15, 0.2) is 4.79 Å². The van der Waals surface area contributed by atoms with Gasteiger partial charge in [0, 0.05) is 11.4 Å². The fourth-order valence-electron chi connectivity index (χ4n) is 2.75. The lowest BCUT2D eigenvalue weighted by Gasteiger charge is -2.25. The van der Waals surface area contributed by atoms with Crippen LogP contribution in [0.1, 0.15) is 34.9 Å². The number of hydrogen-bond donors (Lipinski definition) is 8. The molecule has 8 N–H and O–H groups in total. The molecule has 2 rings (SSSR count). The molecule has 0 amide bonds. The maximum atomic E-state index is 11.9. The summed E-state index contributed by atoms with van der Waals surface area (Å²) in [6, 6.07) is 0. The van der Waals surface area contributed by atoms with E-state index in [4.69, 9.17) is 25.5 Å². The molecule has 11 nitrogen and oxygen atoms in total. The molecule has 0 aliphatic heterocycles. The molecule has 0 aliphatic rings. The lowest BCUT2D eigenvalue weighted by molar-refractivity contribution is -0.113. The largest absolute Gasteiger partial charge is 0.475 e. The summed E-state index contributed by atoms with van der Waals surface area (Å²) in [6.45, 7) is 5.52. The van der Waals surface area contributed by atoms with Gasteiger partial charge in [0.15, 0.2) is 0 Å². The molecule has 0 aromatic carbocycles. The van der Waals surface area contributed by atoms with Crippen molar-refractivity contribution >= 4 is 27.5 Å². The second-order valence-electron chi connectivity index (χ2n) is 7.50. The molecule has 12 heteroatoms. The van der Waals surface area contributed by atoms with Crippen molar-refractivity contribution in [2.24, 2.45) is 5.92 Å². The molecular weight excluding hydrogens is 430 g/mol. The number of likely N-dealkylation sites (N-methyl/N-ethyl adjacent to an activating group) is 1.